The number of rotatable bonds is 1. The molecule has 0 spiro atoms. The molecule has 4 heteroatoms. The SMILES string of the molecule is Fc1ccc(-c2cc3c4sccc4c4sccc4c3s2)cc1. The molecule has 0 saturated heterocycles. The third-order valence-corrected chi connectivity index (χ3v) is 7.04. The summed E-state index contributed by atoms with van der Waals surface area (Å²) in [6.07, 6.45) is 0. The van der Waals surface area contributed by atoms with Crippen LogP contribution in [0.2, 0.25) is 0 Å². The minimum Gasteiger partial charge on any atom is -0.207 e. The van der Waals surface area contributed by atoms with Crippen LogP contribution in [0, 0.1) is 5.82 Å². The number of hydrogen-bond acceptors (Lipinski definition) is 3. The van der Waals surface area contributed by atoms with E-state index in [1.54, 1.807) is 22.7 Å². The van der Waals surface area contributed by atoms with Crippen molar-refractivity contribution in [2.45, 2.75) is 0 Å². The lowest BCUT2D eigenvalue weighted by atomic mass is 10.1. The van der Waals surface area contributed by atoms with Crippen LogP contribution in [-0.2, 0) is 0 Å². The summed E-state index contributed by atoms with van der Waals surface area (Å²) in [5.74, 6) is -0.189. The molecule has 0 bridgehead atoms. The first kappa shape index (κ1) is 12.8. The van der Waals surface area contributed by atoms with Gasteiger partial charge in [0.2, 0.25) is 0 Å². The summed E-state index contributed by atoms with van der Waals surface area (Å²) >= 11 is 5.41. The Bertz CT molecular complexity index is 1060. The van der Waals surface area contributed by atoms with Crippen LogP contribution >= 0.6 is 34.0 Å². The second kappa shape index (κ2) is 4.62. The molecular formula is C18H9FS3. The van der Waals surface area contributed by atoms with Gasteiger partial charge in [-0.1, -0.05) is 12.1 Å². The lowest BCUT2D eigenvalue weighted by molar-refractivity contribution is 0.628. The lowest BCUT2D eigenvalue weighted by Crippen LogP contribution is -1.73. The van der Waals surface area contributed by atoms with Crippen molar-refractivity contribution in [3.8, 4) is 10.4 Å². The summed E-state index contributed by atoms with van der Waals surface area (Å²) in [6.45, 7) is 0. The predicted octanol–water partition coefficient (Wildman–Crippen LogP) is 7.14. The molecule has 106 valence electrons. The Kier molecular flexibility index (Phi) is 2.68. The Morgan fingerprint density at radius 1 is 0.682 bits per heavy atom. The Morgan fingerprint density at radius 3 is 2.05 bits per heavy atom. The van der Waals surface area contributed by atoms with E-state index in [-0.39, 0.29) is 5.82 Å². The largest absolute Gasteiger partial charge is 0.207 e. The van der Waals surface area contributed by atoms with E-state index in [9.17, 15) is 4.39 Å². The number of thiophene rings is 3. The fraction of sp³-hybridized carbons (Fsp3) is 0. The van der Waals surface area contributed by atoms with Crippen molar-refractivity contribution in [2.75, 3.05) is 0 Å². The molecule has 0 nitrogen and oxygen atoms in total. The van der Waals surface area contributed by atoms with Gasteiger partial charge in [0.15, 0.2) is 0 Å². The Hall–Kier alpha value is -1.75. The summed E-state index contributed by atoms with van der Waals surface area (Å²) in [5, 5.41) is 8.34. The average molecular weight is 340 g/mol. The Morgan fingerprint density at radius 2 is 1.32 bits per heavy atom. The fourth-order valence-corrected chi connectivity index (χ4v) is 6.16. The molecule has 3 aromatic heterocycles. The summed E-state index contributed by atoms with van der Waals surface area (Å²) in [4.78, 5) is 1.20. The molecule has 22 heavy (non-hydrogen) atoms. The van der Waals surface area contributed by atoms with Gasteiger partial charge in [-0.25, -0.2) is 4.39 Å². The third kappa shape index (κ3) is 1.72. The van der Waals surface area contributed by atoms with E-state index in [4.69, 9.17) is 0 Å². The first-order valence-corrected chi connectivity index (χ1v) is 9.45. The van der Waals surface area contributed by atoms with E-state index in [0.717, 1.165) is 5.56 Å². The maximum atomic E-state index is 13.1. The fourth-order valence-electron chi connectivity index (χ4n) is 2.91. The Balaban J connectivity index is 1.91. The zero-order valence-corrected chi connectivity index (χ0v) is 13.7. The van der Waals surface area contributed by atoms with Gasteiger partial charge in [0.25, 0.3) is 0 Å². The van der Waals surface area contributed by atoms with Crippen LogP contribution < -0.4 is 0 Å². The second-order valence-corrected chi connectivity index (χ2v) is 8.07. The van der Waals surface area contributed by atoms with Crippen LogP contribution in [0.25, 0.3) is 40.7 Å². The minimum absolute atomic E-state index is 0.189. The van der Waals surface area contributed by atoms with Crippen molar-refractivity contribution in [2.24, 2.45) is 0 Å². The highest BCUT2D eigenvalue weighted by Gasteiger charge is 2.14. The van der Waals surface area contributed by atoms with Gasteiger partial charge in [-0.15, -0.1) is 34.0 Å². The zero-order chi connectivity index (χ0) is 14.7. The molecule has 0 aliphatic heterocycles. The highest BCUT2D eigenvalue weighted by Crippen LogP contribution is 2.45. The highest BCUT2D eigenvalue weighted by atomic mass is 32.1. The van der Waals surface area contributed by atoms with Crippen molar-refractivity contribution in [1.29, 1.82) is 0 Å². The van der Waals surface area contributed by atoms with E-state index in [0.29, 0.717) is 0 Å². The van der Waals surface area contributed by atoms with Gasteiger partial charge in [0.1, 0.15) is 5.82 Å². The molecule has 0 amide bonds. The predicted molar refractivity (Wildman–Crippen MR) is 98.0 cm³/mol. The first-order valence-electron chi connectivity index (χ1n) is 6.87. The van der Waals surface area contributed by atoms with Crippen LogP contribution in [0.15, 0.2) is 53.2 Å². The molecule has 0 radical (unpaired) electrons. The molecule has 0 N–H and O–H groups in total. The number of halogens is 1. The molecule has 5 aromatic rings. The first-order chi connectivity index (χ1) is 10.8. The second-order valence-electron chi connectivity index (χ2n) is 5.19. The number of benzene rings is 2. The lowest BCUT2D eigenvalue weighted by Gasteiger charge is -1.96. The smallest absolute Gasteiger partial charge is 0.123 e. The van der Waals surface area contributed by atoms with Gasteiger partial charge in [-0.05, 0) is 46.7 Å². The van der Waals surface area contributed by atoms with Gasteiger partial charge < -0.3 is 0 Å². The normalized spacial score (nSPS) is 11.9. The molecule has 0 atom stereocenters. The van der Waals surface area contributed by atoms with Gasteiger partial charge >= 0.3 is 0 Å². The molecule has 5 rings (SSSR count). The molecular weight excluding hydrogens is 331 g/mol. The summed E-state index contributed by atoms with van der Waals surface area (Å²) in [7, 11) is 0. The quantitative estimate of drug-likeness (QED) is 0.304. The summed E-state index contributed by atoms with van der Waals surface area (Å²) in [5.41, 5.74) is 1.08. The number of fused-ring (bicyclic) bond motifs is 6. The third-order valence-electron chi connectivity index (χ3n) is 3.93. The van der Waals surface area contributed by atoms with Crippen LogP contribution in [0.1, 0.15) is 0 Å². The van der Waals surface area contributed by atoms with Crippen molar-refractivity contribution < 1.29 is 4.39 Å². The van der Waals surface area contributed by atoms with Crippen LogP contribution in [-0.4, -0.2) is 0 Å². The molecule has 0 unspecified atom stereocenters. The van der Waals surface area contributed by atoms with Crippen molar-refractivity contribution in [3.63, 3.8) is 0 Å². The van der Waals surface area contributed by atoms with Gasteiger partial charge in [0.05, 0.1) is 0 Å². The van der Waals surface area contributed by atoms with Crippen molar-refractivity contribution >= 4 is 64.3 Å². The van der Waals surface area contributed by atoms with E-state index in [2.05, 4.69) is 29.0 Å². The van der Waals surface area contributed by atoms with Crippen molar-refractivity contribution in [3.05, 3.63) is 59.0 Å². The van der Waals surface area contributed by atoms with E-state index in [1.807, 2.05) is 23.5 Å². The average Bonchev–Trinajstić information content (AvgIpc) is 3.24. The maximum absolute atomic E-state index is 13.1. The molecule has 3 heterocycles. The van der Waals surface area contributed by atoms with Crippen molar-refractivity contribution in [1.82, 2.24) is 0 Å². The summed E-state index contributed by atoms with van der Waals surface area (Å²) < 4.78 is 17.2. The standard InChI is InChI=1S/C18H9FS3/c19-11-3-1-10(2-4-11)15-9-14-17-12(5-7-21-17)16-13(6-8-20-16)18(14)22-15/h1-9H. The van der Waals surface area contributed by atoms with Gasteiger partial charge in [-0.3, -0.25) is 0 Å². The van der Waals surface area contributed by atoms with Crippen LogP contribution in [0.4, 0.5) is 4.39 Å². The maximum Gasteiger partial charge on any atom is 0.123 e. The zero-order valence-electron chi connectivity index (χ0n) is 11.3. The van der Waals surface area contributed by atoms with E-state index < -0.39 is 0 Å². The van der Waals surface area contributed by atoms with Gasteiger partial charge in [-0.2, -0.15) is 0 Å². The molecule has 2 aromatic carbocycles. The van der Waals surface area contributed by atoms with Crippen LogP contribution in [0.3, 0.4) is 0 Å². The molecule has 0 aliphatic carbocycles. The Labute approximate surface area is 138 Å². The number of hydrogen-bond donors (Lipinski definition) is 0. The minimum atomic E-state index is -0.189. The highest BCUT2D eigenvalue weighted by molar-refractivity contribution is 7.27. The van der Waals surface area contributed by atoms with E-state index >= 15 is 0 Å². The van der Waals surface area contributed by atoms with Crippen LogP contribution in [0.5, 0.6) is 0 Å². The summed E-state index contributed by atoms with van der Waals surface area (Å²) in [6, 6.07) is 13.5. The van der Waals surface area contributed by atoms with Gasteiger partial charge in [0, 0.05) is 35.1 Å². The monoisotopic (exact) mass is 340 g/mol. The molecule has 0 saturated carbocycles. The van der Waals surface area contributed by atoms with E-state index in [1.165, 1.54) is 47.3 Å². The topological polar surface area (TPSA) is 0 Å². The molecule has 0 aliphatic rings. The molecule has 0 fully saturated rings.